The molecule has 0 aliphatic heterocycles. The second-order valence-corrected chi connectivity index (χ2v) is 2.87. The van der Waals surface area contributed by atoms with Gasteiger partial charge in [0.25, 0.3) is 0 Å². The van der Waals surface area contributed by atoms with E-state index in [0.717, 1.165) is 19.4 Å². The summed E-state index contributed by atoms with van der Waals surface area (Å²) in [5, 5.41) is 8.18. The Bertz CT molecular complexity index is 188. The summed E-state index contributed by atoms with van der Waals surface area (Å²) < 4.78 is 0. The molecule has 0 aromatic carbocycles. The van der Waals surface area contributed by atoms with Gasteiger partial charge in [0.1, 0.15) is 0 Å². The first-order valence-corrected chi connectivity index (χ1v) is 3.99. The Morgan fingerprint density at radius 2 is 2.08 bits per heavy atom. The molecule has 3 nitrogen and oxygen atoms in total. The molecule has 3 heteroatoms. The van der Waals surface area contributed by atoms with Crippen molar-refractivity contribution in [1.82, 2.24) is 4.90 Å². The van der Waals surface area contributed by atoms with Crippen LogP contribution >= 0.6 is 0 Å². The Balaban J connectivity index is 3.23. The lowest BCUT2D eigenvalue weighted by Gasteiger charge is -2.06. The lowest BCUT2D eigenvalue weighted by Crippen LogP contribution is -2.12. The summed E-state index contributed by atoms with van der Waals surface area (Å²) in [7, 11) is 4.03. The normalized spacial score (nSPS) is 9.25. The first kappa shape index (κ1) is 11.0. The molecule has 0 aromatic rings. The molecule has 0 saturated carbocycles. The molecular formula is C9H15NO2. The Hall–Kier alpha value is -1.01. The molecule has 0 aliphatic carbocycles. The first-order valence-electron chi connectivity index (χ1n) is 3.99. The van der Waals surface area contributed by atoms with E-state index in [1.807, 2.05) is 14.1 Å². The molecule has 0 fully saturated rings. The zero-order valence-corrected chi connectivity index (χ0v) is 7.63. The number of hydrogen-bond donors (Lipinski definition) is 1. The fourth-order valence-electron chi connectivity index (χ4n) is 0.780. The van der Waals surface area contributed by atoms with Crippen molar-refractivity contribution >= 4 is 5.97 Å². The maximum Gasteiger partial charge on any atom is 0.381 e. The van der Waals surface area contributed by atoms with Gasteiger partial charge in [-0.25, -0.2) is 4.79 Å². The molecule has 0 spiro atoms. The van der Waals surface area contributed by atoms with Gasteiger partial charge < -0.3 is 10.0 Å². The highest BCUT2D eigenvalue weighted by Gasteiger charge is 1.89. The highest BCUT2D eigenvalue weighted by Crippen LogP contribution is 1.94. The van der Waals surface area contributed by atoms with Crippen molar-refractivity contribution in [3.8, 4) is 11.8 Å². The van der Waals surface area contributed by atoms with E-state index in [2.05, 4.69) is 16.7 Å². The van der Waals surface area contributed by atoms with Crippen molar-refractivity contribution < 1.29 is 9.90 Å². The highest BCUT2D eigenvalue weighted by molar-refractivity contribution is 5.86. The van der Waals surface area contributed by atoms with E-state index in [9.17, 15) is 4.79 Å². The van der Waals surface area contributed by atoms with Crippen LogP contribution in [0.1, 0.15) is 19.3 Å². The largest absolute Gasteiger partial charge is 0.472 e. The van der Waals surface area contributed by atoms with Gasteiger partial charge in [0.15, 0.2) is 0 Å². The van der Waals surface area contributed by atoms with Crippen LogP contribution in [0, 0.1) is 11.8 Å². The average molecular weight is 169 g/mol. The van der Waals surface area contributed by atoms with E-state index in [1.54, 1.807) is 0 Å². The molecule has 0 atom stereocenters. The van der Waals surface area contributed by atoms with Crippen LogP contribution in [0.25, 0.3) is 0 Å². The third-order valence-corrected chi connectivity index (χ3v) is 1.35. The third kappa shape index (κ3) is 8.99. The molecule has 0 bridgehead atoms. The molecule has 68 valence electrons. The molecule has 0 saturated heterocycles. The third-order valence-electron chi connectivity index (χ3n) is 1.35. The van der Waals surface area contributed by atoms with Gasteiger partial charge in [-0.15, -0.1) is 0 Å². The highest BCUT2D eigenvalue weighted by atomic mass is 16.4. The predicted molar refractivity (Wildman–Crippen MR) is 47.8 cm³/mol. The molecular weight excluding hydrogens is 154 g/mol. The van der Waals surface area contributed by atoms with Gasteiger partial charge in [0, 0.05) is 12.3 Å². The van der Waals surface area contributed by atoms with Gasteiger partial charge in [0.2, 0.25) is 0 Å². The summed E-state index contributed by atoms with van der Waals surface area (Å²) in [6.45, 7) is 1.04. The summed E-state index contributed by atoms with van der Waals surface area (Å²) in [5.41, 5.74) is 0. The van der Waals surface area contributed by atoms with Crippen LogP contribution < -0.4 is 0 Å². The second-order valence-electron chi connectivity index (χ2n) is 2.87. The van der Waals surface area contributed by atoms with Gasteiger partial charge >= 0.3 is 5.97 Å². The van der Waals surface area contributed by atoms with Gasteiger partial charge in [-0.2, -0.15) is 0 Å². The minimum atomic E-state index is -1.04. The summed E-state index contributed by atoms with van der Waals surface area (Å²) in [6.07, 6.45) is 2.72. The van der Waals surface area contributed by atoms with Crippen molar-refractivity contribution in [3.05, 3.63) is 0 Å². The number of carboxylic acids is 1. The Labute approximate surface area is 73.4 Å². The fourth-order valence-corrected chi connectivity index (χ4v) is 0.780. The number of unbranched alkanes of at least 4 members (excludes halogenated alkanes) is 2. The molecule has 1 N–H and O–H groups in total. The van der Waals surface area contributed by atoms with Crippen LogP contribution in [0.3, 0.4) is 0 Å². The summed E-state index contributed by atoms with van der Waals surface area (Å²) >= 11 is 0. The van der Waals surface area contributed by atoms with Gasteiger partial charge in [-0.05, 0) is 33.5 Å². The Kier molecular flexibility index (Phi) is 6.12. The summed E-state index contributed by atoms with van der Waals surface area (Å²) in [6, 6.07) is 0. The van der Waals surface area contributed by atoms with E-state index in [0.29, 0.717) is 6.42 Å². The van der Waals surface area contributed by atoms with E-state index in [1.165, 1.54) is 0 Å². The SMILES string of the molecule is CN(C)CCCCC#CC(=O)O. The van der Waals surface area contributed by atoms with Crippen LogP contribution in [0.4, 0.5) is 0 Å². The second kappa shape index (κ2) is 6.68. The van der Waals surface area contributed by atoms with E-state index in [4.69, 9.17) is 5.11 Å². The van der Waals surface area contributed by atoms with Gasteiger partial charge in [-0.3, -0.25) is 0 Å². The Morgan fingerprint density at radius 3 is 2.58 bits per heavy atom. The molecule has 12 heavy (non-hydrogen) atoms. The summed E-state index contributed by atoms with van der Waals surface area (Å²) in [5.74, 6) is 3.64. The minimum Gasteiger partial charge on any atom is -0.472 e. The number of rotatable bonds is 4. The standard InChI is InChI=1S/C9H15NO2/c1-10(2)8-6-4-3-5-7-9(11)12/h3-4,6,8H2,1-2H3,(H,11,12). The lowest BCUT2D eigenvalue weighted by atomic mass is 10.2. The van der Waals surface area contributed by atoms with E-state index < -0.39 is 5.97 Å². The molecule has 0 rings (SSSR count). The van der Waals surface area contributed by atoms with Crippen LogP contribution in [-0.4, -0.2) is 36.6 Å². The van der Waals surface area contributed by atoms with Crippen molar-refractivity contribution in [2.75, 3.05) is 20.6 Å². The number of carbonyl (C=O) groups is 1. The zero-order valence-electron chi connectivity index (χ0n) is 7.63. The topological polar surface area (TPSA) is 40.5 Å². The molecule has 0 aliphatic rings. The molecule has 0 unspecified atom stereocenters. The number of nitrogens with zero attached hydrogens (tertiary/aromatic N) is 1. The zero-order chi connectivity index (χ0) is 9.40. The smallest absolute Gasteiger partial charge is 0.381 e. The van der Waals surface area contributed by atoms with Gasteiger partial charge in [-0.1, -0.05) is 5.92 Å². The minimum absolute atomic E-state index is 0.681. The van der Waals surface area contributed by atoms with Crippen molar-refractivity contribution in [3.63, 3.8) is 0 Å². The van der Waals surface area contributed by atoms with Crippen molar-refractivity contribution in [2.45, 2.75) is 19.3 Å². The summed E-state index contributed by atoms with van der Waals surface area (Å²) in [4.78, 5) is 12.1. The average Bonchev–Trinajstić information content (AvgIpc) is 1.95. The number of carboxylic acid groups (broad SMARTS) is 1. The van der Waals surface area contributed by atoms with Crippen LogP contribution in [0.5, 0.6) is 0 Å². The van der Waals surface area contributed by atoms with E-state index in [-0.39, 0.29) is 0 Å². The number of aliphatic carboxylic acids is 1. The van der Waals surface area contributed by atoms with Gasteiger partial charge in [0.05, 0.1) is 0 Å². The molecule has 0 heterocycles. The molecule has 0 aromatic heterocycles. The maximum absolute atomic E-state index is 9.96. The van der Waals surface area contributed by atoms with Crippen LogP contribution in [0.15, 0.2) is 0 Å². The molecule has 0 radical (unpaired) electrons. The fraction of sp³-hybridized carbons (Fsp3) is 0.667. The predicted octanol–water partition coefficient (Wildman–Crippen LogP) is 0.806. The number of hydrogen-bond acceptors (Lipinski definition) is 2. The van der Waals surface area contributed by atoms with Crippen LogP contribution in [-0.2, 0) is 4.79 Å². The van der Waals surface area contributed by atoms with Crippen LogP contribution in [0.2, 0.25) is 0 Å². The van der Waals surface area contributed by atoms with E-state index >= 15 is 0 Å². The lowest BCUT2D eigenvalue weighted by molar-refractivity contribution is -0.130. The molecule has 0 amide bonds. The Morgan fingerprint density at radius 1 is 1.42 bits per heavy atom. The maximum atomic E-state index is 9.96. The van der Waals surface area contributed by atoms with Crippen molar-refractivity contribution in [1.29, 1.82) is 0 Å². The van der Waals surface area contributed by atoms with Crippen molar-refractivity contribution in [2.24, 2.45) is 0 Å². The first-order chi connectivity index (χ1) is 5.63. The monoisotopic (exact) mass is 169 g/mol. The quantitative estimate of drug-likeness (QED) is 0.500.